The monoisotopic (exact) mass is 561 g/mol. The van der Waals surface area contributed by atoms with Gasteiger partial charge in [-0.2, -0.15) is 0 Å². The van der Waals surface area contributed by atoms with E-state index in [0.717, 1.165) is 0 Å². The Balaban J connectivity index is 0.00000241. The van der Waals surface area contributed by atoms with Crippen LogP contribution in [0.3, 0.4) is 0 Å². The Morgan fingerprint density at radius 3 is 2.27 bits per heavy atom. The molecule has 4 atom stereocenters. The third kappa shape index (κ3) is 4.28. The number of carbonyl (C=O) groups excluding carboxylic acids is 3. The summed E-state index contributed by atoms with van der Waals surface area (Å²) in [5, 5.41) is 44.0. The number of nitrogens with two attached hydrogens (primary N) is 1. The van der Waals surface area contributed by atoms with E-state index >= 15 is 4.39 Å². The molecule has 204 valence electrons. The fourth-order valence-corrected chi connectivity index (χ4v) is 5.80. The van der Waals surface area contributed by atoms with E-state index in [0.29, 0.717) is 0 Å². The Kier molecular flexibility index (Phi) is 8.43. The van der Waals surface area contributed by atoms with Crippen LogP contribution in [0, 0.1) is 17.7 Å². The van der Waals surface area contributed by atoms with Gasteiger partial charge in [-0.05, 0) is 53.0 Å². The molecule has 1 aromatic carbocycles. The molecule has 0 aliphatic heterocycles. The second-order valence-corrected chi connectivity index (χ2v) is 9.92. The molecule has 10 nitrogen and oxygen atoms in total. The number of Topliss-reactive ketones (excluding diaryl/α,β-unsaturated/α-hetero) is 2. The SMILES string of the molecule is CN(C)Cc1cc(O)c2c(c1F)C[C@H]1C[C@H]3[C@H](N(C)C)C(=O)C(C(N)=O)=C(O)[C@@]3(O)C(=O)C1=C2O.Cl.Cl. The molecular formula is C24H30Cl2FN3O7. The van der Waals surface area contributed by atoms with Gasteiger partial charge in [0.1, 0.15) is 28.7 Å². The molecule has 1 fully saturated rings. The highest BCUT2D eigenvalue weighted by Gasteiger charge is 2.64. The van der Waals surface area contributed by atoms with Crippen molar-refractivity contribution < 1.29 is 39.2 Å². The number of benzene rings is 1. The van der Waals surface area contributed by atoms with Crippen LogP contribution in [0.5, 0.6) is 5.75 Å². The van der Waals surface area contributed by atoms with E-state index < -0.39 is 69.6 Å². The summed E-state index contributed by atoms with van der Waals surface area (Å²) in [4.78, 5) is 41.8. The van der Waals surface area contributed by atoms with Crippen molar-refractivity contribution in [2.24, 2.45) is 17.6 Å². The number of phenols is 1. The van der Waals surface area contributed by atoms with Crippen molar-refractivity contribution in [1.29, 1.82) is 0 Å². The van der Waals surface area contributed by atoms with E-state index in [9.17, 15) is 34.8 Å². The van der Waals surface area contributed by atoms with Crippen LogP contribution in [0.1, 0.15) is 23.1 Å². The smallest absolute Gasteiger partial charge is 0.255 e. The summed E-state index contributed by atoms with van der Waals surface area (Å²) in [5.74, 6) is -8.24. The van der Waals surface area contributed by atoms with Gasteiger partial charge in [0.2, 0.25) is 5.78 Å². The minimum atomic E-state index is -2.72. The molecule has 3 aliphatic carbocycles. The van der Waals surface area contributed by atoms with E-state index in [-0.39, 0.29) is 66.5 Å². The van der Waals surface area contributed by atoms with E-state index in [4.69, 9.17) is 5.73 Å². The quantitative estimate of drug-likeness (QED) is 0.337. The number of carbonyl (C=O) groups is 3. The highest BCUT2D eigenvalue weighted by molar-refractivity contribution is 6.24. The molecule has 1 amide bonds. The molecule has 4 rings (SSSR count). The minimum absolute atomic E-state index is 0. The fourth-order valence-electron chi connectivity index (χ4n) is 5.80. The molecular weight excluding hydrogens is 532 g/mol. The van der Waals surface area contributed by atoms with Crippen LogP contribution < -0.4 is 5.73 Å². The van der Waals surface area contributed by atoms with Crippen molar-refractivity contribution in [2.45, 2.75) is 31.0 Å². The number of aromatic hydroxyl groups is 1. The van der Waals surface area contributed by atoms with Gasteiger partial charge in [-0.15, -0.1) is 24.8 Å². The Morgan fingerprint density at radius 1 is 1.16 bits per heavy atom. The standard InChI is InChI=1S/C24H28FN3O7.2ClH/c1-27(2)8-10-7-13(29)15-11(17(10)25)5-9-6-12-18(28(3)4)20(31)16(23(26)34)22(33)24(12,35)21(32)14(9)19(15)30;;/h7,9,12,18,29-30,33,35H,5-6,8H2,1-4H3,(H2,26,34);2*1H/t9-,12-,18-,24-;;/m0../s1. The fraction of sp³-hybridized carbons (Fsp3) is 0.458. The number of hydrogen-bond acceptors (Lipinski definition) is 9. The number of halogens is 3. The highest BCUT2D eigenvalue weighted by Crippen LogP contribution is 2.53. The Bertz CT molecular complexity index is 1250. The van der Waals surface area contributed by atoms with Crippen LogP contribution in [0.2, 0.25) is 0 Å². The van der Waals surface area contributed by atoms with Crippen LogP contribution in [-0.4, -0.2) is 87.5 Å². The average Bonchev–Trinajstić information content (AvgIpc) is 2.73. The largest absolute Gasteiger partial charge is 0.508 e. The summed E-state index contributed by atoms with van der Waals surface area (Å²) in [6, 6.07) is -0.0224. The average molecular weight is 562 g/mol. The molecule has 0 saturated heterocycles. The minimum Gasteiger partial charge on any atom is -0.508 e. The molecule has 0 unspecified atom stereocenters. The second-order valence-electron chi connectivity index (χ2n) is 9.92. The number of hydrogen-bond donors (Lipinski definition) is 5. The molecule has 0 bridgehead atoms. The van der Waals surface area contributed by atoms with Crippen LogP contribution in [0.25, 0.3) is 5.76 Å². The van der Waals surface area contributed by atoms with Gasteiger partial charge in [0, 0.05) is 29.2 Å². The maximum Gasteiger partial charge on any atom is 0.255 e. The normalized spacial score (nSPS) is 26.9. The number of fused-ring (bicyclic) bond motifs is 3. The Labute approximate surface area is 225 Å². The lowest BCUT2D eigenvalue weighted by molar-refractivity contribution is -0.153. The number of primary amides is 1. The number of rotatable bonds is 4. The van der Waals surface area contributed by atoms with E-state index in [1.807, 2.05) is 0 Å². The lowest BCUT2D eigenvalue weighted by Gasteiger charge is -2.50. The zero-order valence-electron chi connectivity index (χ0n) is 20.6. The van der Waals surface area contributed by atoms with E-state index in [1.165, 1.54) is 25.1 Å². The summed E-state index contributed by atoms with van der Waals surface area (Å²) < 4.78 is 15.4. The molecule has 0 heterocycles. The first-order valence-electron chi connectivity index (χ1n) is 11.1. The predicted molar refractivity (Wildman–Crippen MR) is 136 cm³/mol. The maximum atomic E-state index is 15.4. The Morgan fingerprint density at radius 2 is 1.76 bits per heavy atom. The number of phenolic OH excluding ortho intramolecular Hbond substituents is 1. The van der Waals surface area contributed by atoms with Gasteiger partial charge in [-0.1, -0.05) is 0 Å². The first kappa shape index (κ1) is 30.5. The van der Waals surface area contributed by atoms with Crippen molar-refractivity contribution in [3.05, 3.63) is 45.5 Å². The van der Waals surface area contributed by atoms with Gasteiger partial charge in [-0.25, -0.2) is 4.39 Å². The van der Waals surface area contributed by atoms with E-state index in [1.54, 1.807) is 19.0 Å². The zero-order chi connectivity index (χ0) is 26.1. The predicted octanol–water partition coefficient (Wildman–Crippen LogP) is 1.01. The number of amides is 1. The van der Waals surface area contributed by atoms with Gasteiger partial charge in [0.15, 0.2) is 11.4 Å². The lowest BCUT2D eigenvalue weighted by atomic mass is 9.57. The molecule has 0 spiro atoms. The summed E-state index contributed by atoms with van der Waals surface area (Å²) in [7, 11) is 6.49. The molecule has 37 heavy (non-hydrogen) atoms. The maximum absolute atomic E-state index is 15.4. The van der Waals surface area contributed by atoms with Crippen molar-refractivity contribution in [2.75, 3.05) is 28.2 Å². The van der Waals surface area contributed by atoms with Crippen molar-refractivity contribution in [1.82, 2.24) is 9.80 Å². The first-order chi connectivity index (χ1) is 16.2. The highest BCUT2D eigenvalue weighted by atomic mass is 35.5. The molecule has 1 saturated carbocycles. The first-order valence-corrected chi connectivity index (χ1v) is 11.1. The number of aliphatic hydroxyl groups excluding tert-OH is 2. The lowest BCUT2D eigenvalue weighted by Crippen LogP contribution is -2.65. The van der Waals surface area contributed by atoms with Crippen molar-refractivity contribution >= 4 is 48.0 Å². The van der Waals surface area contributed by atoms with E-state index in [2.05, 4.69) is 0 Å². The molecule has 3 aliphatic rings. The summed E-state index contributed by atoms with van der Waals surface area (Å²) in [6.45, 7) is 0.182. The summed E-state index contributed by atoms with van der Waals surface area (Å²) in [5.41, 5.74) is 1.33. The van der Waals surface area contributed by atoms with Gasteiger partial charge in [0.05, 0.1) is 11.6 Å². The van der Waals surface area contributed by atoms with Gasteiger partial charge >= 0.3 is 0 Å². The summed E-state index contributed by atoms with van der Waals surface area (Å²) in [6.07, 6.45) is -0.181. The third-order valence-corrected chi connectivity index (χ3v) is 7.22. The van der Waals surface area contributed by atoms with Crippen LogP contribution >= 0.6 is 24.8 Å². The molecule has 1 aromatic rings. The second kappa shape index (κ2) is 10.2. The summed E-state index contributed by atoms with van der Waals surface area (Å²) >= 11 is 0. The van der Waals surface area contributed by atoms with Crippen LogP contribution in [-0.2, 0) is 27.3 Å². The number of ketones is 2. The van der Waals surface area contributed by atoms with Crippen LogP contribution in [0.4, 0.5) is 4.39 Å². The molecule has 6 N–H and O–H groups in total. The zero-order valence-corrected chi connectivity index (χ0v) is 22.2. The molecule has 13 heteroatoms. The topological polar surface area (TPSA) is 165 Å². The Hall–Kier alpha value is -2.70. The van der Waals surface area contributed by atoms with Crippen LogP contribution in [0.15, 0.2) is 23.0 Å². The number of likely N-dealkylation sites (N-methyl/N-ethyl adjacent to an activating group) is 1. The number of aliphatic hydroxyl groups is 3. The van der Waals surface area contributed by atoms with Gasteiger partial charge in [-0.3, -0.25) is 19.3 Å². The molecule has 0 aromatic heterocycles. The van der Waals surface area contributed by atoms with Crippen molar-refractivity contribution in [3.8, 4) is 5.75 Å². The number of nitrogens with zero attached hydrogens (tertiary/aromatic N) is 2. The van der Waals surface area contributed by atoms with Crippen molar-refractivity contribution in [3.63, 3.8) is 0 Å². The van der Waals surface area contributed by atoms with Gasteiger partial charge in [0.25, 0.3) is 5.91 Å². The van der Waals surface area contributed by atoms with Gasteiger partial charge < -0.3 is 31.1 Å². The molecule has 0 radical (unpaired) electrons. The third-order valence-electron chi connectivity index (χ3n) is 7.22.